The quantitative estimate of drug-likeness (QED) is 0.540. The maximum atomic E-state index is 14.9. The van der Waals surface area contributed by atoms with Gasteiger partial charge in [-0.2, -0.15) is 9.97 Å². The fraction of sp³-hybridized carbons (Fsp3) is 0.656. The predicted molar refractivity (Wildman–Crippen MR) is 163 cm³/mol. The molecule has 10 nitrogen and oxygen atoms in total. The molecule has 0 saturated carbocycles. The van der Waals surface area contributed by atoms with Gasteiger partial charge in [0, 0.05) is 47.4 Å². The lowest BCUT2D eigenvalue weighted by molar-refractivity contribution is -0.127. The number of benzene rings is 1. The summed E-state index contributed by atoms with van der Waals surface area (Å²) in [5, 5.41) is 6.26. The van der Waals surface area contributed by atoms with Crippen LogP contribution in [-0.4, -0.2) is 96.2 Å². The summed E-state index contributed by atoms with van der Waals surface area (Å²) < 4.78 is 41.4. The minimum absolute atomic E-state index is 0. The number of carbonyl (C=O) groups excluding carboxylic acids is 1. The number of fused-ring (bicyclic) bond motifs is 4. The molecule has 44 heavy (non-hydrogen) atoms. The van der Waals surface area contributed by atoms with E-state index >= 15 is 0 Å². The number of amides is 1. The molecule has 4 saturated heterocycles. The van der Waals surface area contributed by atoms with Crippen molar-refractivity contribution in [3.8, 4) is 6.01 Å². The van der Waals surface area contributed by atoms with Gasteiger partial charge in [-0.25, -0.2) is 8.78 Å². The third kappa shape index (κ3) is 4.43. The normalized spacial score (nSPS) is 33.8. The number of halogens is 2. The number of carbonyl (C=O) groups is 1. The third-order valence-electron chi connectivity index (χ3n) is 11.3. The molecular formula is C32H45F2N7O3. The van der Waals surface area contributed by atoms with Crippen molar-refractivity contribution in [3.05, 3.63) is 46.4 Å². The highest BCUT2D eigenvalue weighted by atomic mass is 19.1. The zero-order chi connectivity index (χ0) is 30.1. The van der Waals surface area contributed by atoms with Crippen molar-refractivity contribution in [2.45, 2.75) is 80.7 Å². The summed E-state index contributed by atoms with van der Waals surface area (Å²) in [7, 11) is 2.10. The molecule has 240 valence electrons. The van der Waals surface area contributed by atoms with E-state index in [1.165, 1.54) is 0 Å². The van der Waals surface area contributed by atoms with Crippen LogP contribution in [0.5, 0.6) is 6.01 Å². The van der Waals surface area contributed by atoms with E-state index < -0.39 is 11.7 Å². The first-order valence-corrected chi connectivity index (χ1v) is 16.1. The van der Waals surface area contributed by atoms with Crippen molar-refractivity contribution < 1.29 is 25.9 Å². The molecule has 0 radical (unpaired) electrons. The highest BCUT2D eigenvalue weighted by molar-refractivity contribution is 5.87. The topological polar surface area (TPSA) is 95.1 Å². The lowest BCUT2D eigenvalue weighted by Crippen LogP contribution is -2.64. The lowest BCUT2D eigenvalue weighted by atomic mass is 9.80. The molecule has 6 heterocycles. The van der Waals surface area contributed by atoms with E-state index in [0.29, 0.717) is 57.9 Å². The van der Waals surface area contributed by atoms with Gasteiger partial charge in [0.25, 0.3) is 0 Å². The largest absolute Gasteiger partial charge is 0.461 e. The number of ether oxygens (including phenoxy) is 2. The summed E-state index contributed by atoms with van der Waals surface area (Å²) in [4.78, 5) is 30.1. The summed E-state index contributed by atoms with van der Waals surface area (Å²) in [6.45, 7) is 3.93. The molecule has 8 rings (SSSR count). The number of nitrogens with one attached hydrogen (secondary N) is 2. The van der Waals surface area contributed by atoms with Crippen LogP contribution in [0, 0.1) is 5.82 Å². The molecule has 12 heteroatoms. The van der Waals surface area contributed by atoms with Crippen LogP contribution in [-0.2, 0) is 34.5 Å². The molecule has 4 atom stereocenters. The second kappa shape index (κ2) is 10.6. The zero-order valence-electron chi connectivity index (χ0n) is 25.3. The van der Waals surface area contributed by atoms with Crippen LogP contribution >= 0.6 is 0 Å². The highest BCUT2D eigenvalue weighted by Gasteiger charge is 2.51. The minimum Gasteiger partial charge on any atom is -0.461 e. The van der Waals surface area contributed by atoms with E-state index in [4.69, 9.17) is 19.4 Å². The van der Waals surface area contributed by atoms with Crippen LogP contribution in [0.25, 0.3) is 0 Å². The smallest absolute Gasteiger partial charge is 0.318 e. The lowest BCUT2D eigenvalue weighted by Gasteiger charge is -2.46. The molecule has 4 fully saturated rings. The number of alkyl halides is 1. The Bertz CT molecular complexity index is 1490. The van der Waals surface area contributed by atoms with E-state index in [-0.39, 0.29) is 39.1 Å². The molecule has 1 aliphatic carbocycles. The zero-order valence-corrected chi connectivity index (χ0v) is 25.3. The Balaban J connectivity index is 0.00000186. The van der Waals surface area contributed by atoms with Gasteiger partial charge in [-0.15, -0.1) is 0 Å². The number of anilines is 1. The predicted octanol–water partition coefficient (Wildman–Crippen LogP) is 2.88. The SMILES string of the molecule is CN1Cc2c(nc(OC[C@@]34CCCN3C[C@H](F)C4)nc2N2CCC[C@]3(C2)NCOCNC3=O)C[C@]12CCc1c(F)cccc12.[HH].[HH]. The van der Waals surface area contributed by atoms with Crippen LogP contribution < -0.4 is 20.3 Å². The maximum Gasteiger partial charge on any atom is 0.318 e. The summed E-state index contributed by atoms with van der Waals surface area (Å²) in [6, 6.07) is 5.70. The van der Waals surface area contributed by atoms with Crippen LogP contribution in [0.3, 0.4) is 0 Å². The van der Waals surface area contributed by atoms with Gasteiger partial charge >= 0.3 is 6.01 Å². The van der Waals surface area contributed by atoms with Crippen molar-refractivity contribution in [1.82, 2.24) is 30.4 Å². The van der Waals surface area contributed by atoms with E-state index in [9.17, 15) is 13.6 Å². The summed E-state index contributed by atoms with van der Waals surface area (Å²) in [6.07, 6.45) is 5.16. The van der Waals surface area contributed by atoms with E-state index in [1.807, 2.05) is 0 Å². The number of likely N-dealkylation sites (N-methyl/N-ethyl adjacent to an activating group) is 1. The average Bonchev–Trinajstić information content (AvgIpc) is 3.63. The first kappa shape index (κ1) is 28.5. The van der Waals surface area contributed by atoms with E-state index in [0.717, 1.165) is 67.0 Å². The van der Waals surface area contributed by atoms with E-state index in [2.05, 4.69) is 38.4 Å². The molecule has 2 N–H and O–H groups in total. The first-order valence-electron chi connectivity index (χ1n) is 16.1. The summed E-state index contributed by atoms with van der Waals surface area (Å²) >= 11 is 0. The van der Waals surface area contributed by atoms with Gasteiger partial charge < -0.3 is 19.7 Å². The maximum absolute atomic E-state index is 14.9. The number of nitrogens with zero attached hydrogens (tertiary/aromatic N) is 5. The minimum atomic E-state index is -0.844. The Hall–Kier alpha value is -2.93. The second-order valence-electron chi connectivity index (χ2n) is 13.7. The molecular weight excluding hydrogens is 568 g/mol. The summed E-state index contributed by atoms with van der Waals surface area (Å²) in [5.41, 5.74) is 2.26. The molecule has 0 bridgehead atoms. The van der Waals surface area contributed by atoms with Crippen molar-refractivity contribution in [1.29, 1.82) is 0 Å². The molecule has 1 amide bonds. The third-order valence-corrected chi connectivity index (χ3v) is 11.3. The fourth-order valence-corrected chi connectivity index (χ4v) is 9.05. The second-order valence-corrected chi connectivity index (χ2v) is 13.7. The monoisotopic (exact) mass is 613 g/mol. The van der Waals surface area contributed by atoms with Crippen LogP contribution in [0.4, 0.5) is 14.6 Å². The van der Waals surface area contributed by atoms with E-state index in [1.54, 1.807) is 12.1 Å². The Morgan fingerprint density at radius 2 is 2.05 bits per heavy atom. The Morgan fingerprint density at radius 3 is 2.95 bits per heavy atom. The number of piperidine rings is 1. The van der Waals surface area contributed by atoms with Gasteiger partial charge in [-0.1, -0.05) is 12.1 Å². The van der Waals surface area contributed by atoms with Crippen LogP contribution in [0.1, 0.15) is 63.8 Å². The van der Waals surface area contributed by atoms with Crippen LogP contribution in [0.2, 0.25) is 0 Å². The number of hydrogen-bond acceptors (Lipinski definition) is 9. The van der Waals surface area contributed by atoms with Crippen molar-refractivity contribution in [3.63, 3.8) is 0 Å². The highest BCUT2D eigenvalue weighted by Crippen LogP contribution is 2.49. The standard InChI is InChI=1S/C32H41F2N7O3.2H2/c1-39-16-23-26(14-32(39)10-7-22-24(32)5-2-6-25(22)34)37-29(44-18-30-8-3-12-41(30)15-21(33)13-30)38-27(23)40-11-4-9-31(17-40)28(42)35-19-43-20-36-31;;/h2,5-6,21,36H,3-4,7-20H2,1H3,(H,35,42);2*1H/t21-,30+,31-,32+;;/m1../s1. The van der Waals surface area contributed by atoms with Crippen molar-refractivity contribution in [2.24, 2.45) is 0 Å². The number of hydrogen-bond donors (Lipinski definition) is 2. The molecule has 1 aromatic carbocycles. The molecule has 2 spiro atoms. The summed E-state index contributed by atoms with van der Waals surface area (Å²) in [5.74, 6) is 0.562. The molecule has 6 aliphatic rings. The molecule has 5 aliphatic heterocycles. The van der Waals surface area contributed by atoms with Crippen molar-refractivity contribution >= 4 is 11.7 Å². The van der Waals surface area contributed by atoms with Gasteiger partial charge in [-0.05, 0) is 69.3 Å². The molecule has 2 aromatic rings. The van der Waals surface area contributed by atoms with Gasteiger partial charge in [-0.3, -0.25) is 19.9 Å². The molecule has 0 unspecified atom stereocenters. The van der Waals surface area contributed by atoms with Crippen LogP contribution in [0.15, 0.2) is 18.2 Å². The van der Waals surface area contributed by atoms with Gasteiger partial charge in [0.15, 0.2) is 0 Å². The van der Waals surface area contributed by atoms with Gasteiger partial charge in [0.2, 0.25) is 5.91 Å². The molecule has 1 aromatic heterocycles. The van der Waals surface area contributed by atoms with Gasteiger partial charge in [0.05, 0.1) is 23.5 Å². The van der Waals surface area contributed by atoms with Gasteiger partial charge in [0.1, 0.15) is 36.7 Å². The Morgan fingerprint density at radius 1 is 1.16 bits per heavy atom. The number of rotatable bonds is 4. The Kier molecular flexibility index (Phi) is 6.86. The van der Waals surface area contributed by atoms with Crippen molar-refractivity contribution in [2.75, 3.05) is 58.2 Å². The Labute approximate surface area is 259 Å². The fourth-order valence-electron chi connectivity index (χ4n) is 9.05. The number of aromatic nitrogens is 2. The first-order chi connectivity index (χ1) is 21.3. The average molecular weight is 614 g/mol.